The highest BCUT2D eigenvalue weighted by atomic mass is 19.3. The fourth-order valence-electron chi connectivity index (χ4n) is 3.85. The Morgan fingerprint density at radius 1 is 0.923 bits per heavy atom. The van der Waals surface area contributed by atoms with E-state index in [9.17, 15) is 41.0 Å². The van der Waals surface area contributed by atoms with Crippen LogP contribution in [0.15, 0.2) is 61.1 Å². The van der Waals surface area contributed by atoms with E-state index in [2.05, 4.69) is 14.5 Å². The number of nitrogens with zero attached hydrogens (tertiary/aromatic N) is 2. The zero-order chi connectivity index (χ0) is 28.9. The van der Waals surface area contributed by atoms with E-state index >= 15 is 0 Å². The molecule has 1 N–H and O–H groups in total. The van der Waals surface area contributed by atoms with E-state index < -0.39 is 60.3 Å². The van der Waals surface area contributed by atoms with Crippen LogP contribution in [0, 0.1) is 11.1 Å². The van der Waals surface area contributed by atoms with Gasteiger partial charge in [0.1, 0.15) is 0 Å². The van der Waals surface area contributed by atoms with Crippen molar-refractivity contribution in [1.82, 2.24) is 4.98 Å². The van der Waals surface area contributed by atoms with Gasteiger partial charge in [0.2, 0.25) is 0 Å². The number of aliphatic hydroxyl groups is 1. The van der Waals surface area contributed by atoms with Crippen molar-refractivity contribution in [1.29, 1.82) is 0 Å². The lowest BCUT2D eigenvalue weighted by molar-refractivity contribution is -0.605. The van der Waals surface area contributed by atoms with Crippen molar-refractivity contribution in [2.45, 2.75) is 57.6 Å². The Hall–Kier alpha value is -3.61. The van der Waals surface area contributed by atoms with Gasteiger partial charge >= 0.3 is 19.1 Å². The number of ether oxygens (including phenoxy) is 2. The molecule has 3 rings (SSSR count). The van der Waals surface area contributed by atoms with Gasteiger partial charge in [0.25, 0.3) is 0 Å². The molecule has 39 heavy (non-hydrogen) atoms. The van der Waals surface area contributed by atoms with Crippen LogP contribution in [0.3, 0.4) is 0 Å². The van der Waals surface area contributed by atoms with Crippen LogP contribution in [0.4, 0.5) is 30.7 Å². The van der Waals surface area contributed by atoms with Gasteiger partial charge < -0.3 is 19.8 Å². The van der Waals surface area contributed by atoms with Crippen molar-refractivity contribution in [2.24, 2.45) is 5.92 Å². The van der Waals surface area contributed by atoms with Crippen molar-refractivity contribution < 1.29 is 50.0 Å². The molecule has 0 aliphatic carbocycles. The molecule has 13 heteroatoms. The molecule has 6 nitrogen and oxygen atoms in total. The summed E-state index contributed by atoms with van der Waals surface area (Å²) in [7, 11) is 0. The molecule has 212 valence electrons. The minimum Gasteiger partial charge on any atom is -0.619 e. The SMILES string of the molecule is CC(C)C(O)C(F)C(F)(F)c1ccc(C(Cc2cc[n+]([O-])cc2)c2ccc(OC(F)F)c(OC(F)F)c2)nc1. The first-order chi connectivity index (χ1) is 18.3. The molecule has 0 bridgehead atoms. The van der Waals surface area contributed by atoms with E-state index in [1.54, 1.807) is 0 Å². The number of alkyl halides is 7. The number of hydrogen-bond acceptors (Lipinski definition) is 5. The third kappa shape index (κ3) is 7.49. The summed E-state index contributed by atoms with van der Waals surface area (Å²) in [5.41, 5.74) is 0.124. The second-order valence-electron chi connectivity index (χ2n) is 9.02. The summed E-state index contributed by atoms with van der Waals surface area (Å²) in [5, 5.41) is 21.2. The molecule has 0 saturated carbocycles. The molecule has 2 aromatic heterocycles. The van der Waals surface area contributed by atoms with Crippen molar-refractivity contribution in [2.75, 3.05) is 0 Å². The molecule has 3 aromatic rings. The molecule has 0 radical (unpaired) electrons. The Balaban J connectivity index is 2.04. The first-order valence-corrected chi connectivity index (χ1v) is 11.7. The van der Waals surface area contributed by atoms with E-state index in [1.807, 2.05) is 0 Å². The van der Waals surface area contributed by atoms with Gasteiger partial charge in [-0.25, -0.2) is 4.39 Å². The predicted octanol–water partition coefficient (Wildman–Crippen LogP) is 5.74. The molecule has 0 spiro atoms. The van der Waals surface area contributed by atoms with Gasteiger partial charge in [-0.2, -0.15) is 31.1 Å². The predicted molar refractivity (Wildman–Crippen MR) is 125 cm³/mol. The highest BCUT2D eigenvalue weighted by Gasteiger charge is 2.47. The summed E-state index contributed by atoms with van der Waals surface area (Å²) in [6.45, 7) is -3.91. The van der Waals surface area contributed by atoms with Crippen LogP contribution in [0.25, 0.3) is 0 Å². The average molecular weight is 562 g/mol. The first-order valence-electron chi connectivity index (χ1n) is 11.7. The minimum absolute atomic E-state index is 0.0740. The van der Waals surface area contributed by atoms with Gasteiger partial charge in [0.05, 0.1) is 6.10 Å². The second-order valence-corrected chi connectivity index (χ2v) is 9.02. The Bertz CT molecular complexity index is 1210. The van der Waals surface area contributed by atoms with Crippen LogP contribution in [0.2, 0.25) is 0 Å². The van der Waals surface area contributed by atoms with Gasteiger partial charge in [0.15, 0.2) is 30.1 Å². The molecule has 3 unspecified atom stereocenters. The van der Waals surface area contributed by atoms with Gasteiger partial charge in [-0.1, -0.05) is 19.9 Å². The molecule has 1 aromatic carbocycles. The van der Waals surface area contributed by atoms with Crippen LogP contribution < -0.4 is 14.2 Å². The maximum absolute atomic E-state index is 14.8. The zero-order valence-electron chi connectivity index (χ0n) is 20.7. The number of benzene rings is 1. The van der Waals surface area contributed by atoms with Crippen LogP contribution in [0.5, 0.6) is 11.5 Å². The average Bonchev–Trinajstić information content (AvgIpc) is 2.88. The van der Waals surface area contributed by atoms with Crippen LogP contribution >= 0.6 is 0 Å². The van der Waals surface area contributed by atoms with Gasteiger partial charge in [-0.05, 0) is 47.7 Å². The molecule has 0 amide bonds. The third-order valence-electron chi connectivity index (χ3n) is 5.97. The topological polar surface area (TPSA) is 78.5 Å². The fourth-order valence-corrected chi connectivity index (χ4v) is 3.85. The molecule has 3 atom stereocenters. The lowest BCUT2D eigenvalue weighted by Gasteiger charge is -2.27. The Morgan fingerprint density at radius 2 is 1.54 bits per heavy atom. The smallest absolute Gasteiger partial charge is 0.387 e. The molecule has 2 heterocycles. The van der Waals surface area contributed by atoms with Gasteiger partial charge in [0, 0.05) is 35.5 Å². The Kier molecular flexibility index (Phi) is 9.59. The number of hydrogen-bond donors (Lipinski definition) is 1. The van der Waals surface area contributed by atoms with E-state index in [0.29, 0.717) is 10.3 Å². The fraction of sp³-hybridized carbons (Fsp3) is 0.385. The van der Waals surface area contributed by atoms with E-state index in [0.717, 1.165) is 24.4 Å². The highest BCUT2D eigenvalue weighted by molar-refractivity contribution is 5.46. The van der Waals surface area contributed by atoms with Crippen molar-refractivity contribution >= 4 is 0 Å². The number of halogens is 7. The summed E-state index contributed by atoms with van der Waals surface area (Å²) >= 11 is 0. The van der Waals surface area contributed by atoms with Crippen LogP contribution in [-0.4, -0.2) is 35.6 Å². The Morgan fingerprint density at radius 3 is 2.08 bits per heavy atom. The van der Waals surface area contributed by atoms with Crippen LogP contribution in [0.1, 0.15) is 42.1 Å². The largest absolute Gasteiger partial charge is 0.619 e. The molecule has 0 aliphatic rings. The number of aliphatic hydroxyl groups excluding tert-OH is 1. The highest BCUT2D eigenvalue weighted by Crippen LogP contribution is 2.39. The number of rotatable bonds is 12. The summed E-state index contributed by atoms with van der Waals surface area (Å²) in [5.74, 6) is -7.02. The van der Waals surface area contributed by atoms with Gasteiger partial charge in [-0.3, -0.25) is 4.98 Å². The maximum atomic E-state index is 14.8. The maximum Gasteiger partial charge on any atom is 0.387 e. The molecular formula is C26H25F7N2O4. The molecule has 0 aliphatic heterocycles. The first kappa shape index (κ1) is 29.9. The molecule has 0 saturated heterocycles. The lowest BCUT2D eigenvalue weighted by atomic mass is 9.88. The monoisotopic (exact) mass is 562 g/mol. The standard InChI is InChI=1S/C26H25F7N2O4/c1-14(2)22(36)23(27)26(32,33)17-4-5-19(34-13-17)18(11-15-7-9-35(37)10-8-15)16-3-6-20(38-24(28)29)21(12-16)39-25(30)31/h3-10,12-14,18,22-25,36H,11H2,1-2H3. The van der Waals surface area contributed by atoms with E-state index in [1.165, 1.54) is 50.5 Å². The van der Waals surface area contributed by atoms with Crippen molar-refractivity contribution in [3.8, 4) is 11.5 Å². The summed E-state index contributed by atoms with van der Waals surface area (Å²) < 4.78 is 105. The second kappa shape index (κ2) is 12.5. The van der Waals surface area contributed by atoms with E-state index in [4.69, 9.17) is 0 Å². The summed E-state index contributed by atoms with van der Waals surface area (Å²) in [6.07, 6.45) is -1.61. The van der Waals surface area contributed by atoms with Crippen LogP contribution in [-0.2, 0) is 12.3 Å². The van der Waals surface area contributed by atoms with Crippen molar-refractivity contribution in [3.63, 3.8) is 0 Å². The zero-order valence-corrected chi connectivity index (χ0v) is 20.7. The lowest BCUT2D eigenvalue weighted by Crippen LogP contribution is -2.40. The van der Waals surface area contributed by atoms with Crippen molar-refractivity contribution in [3.05, 3.63) is 88.6 Å². The molecule has 0 fully saturated rings. The van der Waals surface area contributed by atoms with Gasteiger partial charge in [-0.15, -0.1) is 0 Å². The normalized spacial score (nSPS) is 14.5. The number of pyridine rings is 2. The number of aromatic nitrogens is 2. The quantitative estimate of drug-likeness (QED) is 0.173. The summed E-state index contributed by atoms with van der Waals surface area (Å²) in [4.78, 5) is 4.05. The minimum atomic E-state index is -4.07. The molecular weight excluding hydrogens is 537 g/mol. The third-order valence-corrected chi connectivity index (χ3v) is 5.97. The van der Waals surface area contributed by atoms with E-state index in [-0.39, 0.29) is 17.7 Å². The summed E-state index contributed by atoms with van der Waals surface area (Å²) in [6, 6.07) is 8.35. The Labute approximate surface area is 219 Å².